The molecule has 0 fully saturated rings. The number of rotatable bonds is 4. The van der Waals surface area contributed by atoms with Gasteiger partial charge in [0.15, 0.2) is 0 Å². The van der Waals surface area contributed by atoms with Crippen LogP contribution in [0, 0.1) is 5.92 Å². The Balaban J connectivity index is 2.67. The van der Waals surface area contributed by atoms with Crippen molar-refractivity contribution in [3.05, 3.63) is 29.8 Å². The Morgan fingerprint density at radius 2 is 1.89 bits per heavy atom. The molecule has 2 N–H and O–H groups in total. The highest BCUT2D eigenvalue weighted by Crippen LogP contribution is 2.12. The molecule has 1 aromatic rings. The number of benzene rings is 1. The summed E-state index contributed by atoms with van der Waals surface area (Å²) in [6, 6.07) is 6.03. The largest absolute Gasteiger partial charge is 0.508 e. The molecule has 1 aromatic carbocycles. The van der Waals surface area contributed by atoms with Crippen LogP contribution in [0.4, 0.5) is 0 Å². The van der Waals surface area contributed by atoms with E-state index in [0.717, 1.165) is 0 Å². The van der Waals surface area contributed by atoms with Crippen molar-refractivity contribution >= 4 is 11.8 Å². The minimum atomic E-state index is -0.263. The zero-order chi connectivity index (χ0) is 13.7. The SMILES string of the molecule is CNC(=O)C(C)CN(C)C(=O)c1ccc(O)cc1. The minimum absolute atomic E-state index is 0.0969. The normalized spacial score (nSPS) is 11.7. The molecule has 1 rings (SSSR count). The number of amides is 2. The molecular weight excluding hydrogens is 232 g/mol. The van der Waals surface area contributed by atoms with Crippen LogP contribution in [-0.4, -0.2) is 42.5 Å². The zero-order valence-corrected chi connectivity index (χ0v) is 10.8. The van der Waals surface area contributed by atoms with Crippen LogP contribution in [0.15, 0.2) is 24.3 Å². The lowest BCUT2D eigenvalue weighted by molar-refractivity contribution is -0.124. The van der Waals surface area contributed by atoms with E-state index in [9.17, 15) is 9.59 Å². The van der Waals surface area contributed by atoms with Gasteiger partial charge in [-0.25, -0.2) is 0 Å². The number of aromatic hydroxyl groups is 1. The van der Waals surface area contributed by atoms with Crippen molar-refractivity contribution in [3.8, 4) is 5.75 Å². The van der Waals surface area contributed by atoms with Crippen LogP contribution in [0.3, 0.4) is 0 Å². The first-order valence-corrected chi connectivity index (χ1v) is 5.71. The van der Waals surface area contributed by atoms with Gasteiger partial charge in [-0.05, 0) is 24.3 Å². The third kappa shape index (κ3) is 3.48. The van der Waals surface area contributed by atoms with Crippen LogP contribution in [-0.2, 0) is 4.79 Å². The van der Waals surface area contributed by atoms with E-state index in [1.54, 1.807) is 33.2 Å². The van der Waals surface area contributed by atoms with E-state index in [-0.39, 0.29) is 23.5 Å². The summed E-state index contributed by atoms with van der Waals surface area (Å²) in [7, 11) is 3.22. The summed E-state index contributed by atoms with van der Waals surface area (Å²) in [5, 5.41) is 11.7. The van der Waals surface area contributed by atoms with E-state index in [1.807, 2.05) is 0 Å². The van der Waals surface area contributed by atoms with Crippen molar-refractivity contribution in [2.75, 3.05) is 20.6 Å². The van der Waals surface area contributed by atoms with Gasteiger partial charge in [-0.2, -0.15) is 0 Å². The maximum Gasteiger partial charge on any atom is 0.253 e. The second-order valence-electron chi connectivity index (χ2n) is 4.25. The summed E-state index contributed by atoms with van der Waals surface area (Å²) in [6.45, 7) is 2.11. The van der Waals surface area contributed by atoms with Crippen LogP contribution >= 0.6 is 0 Å². The molecule has 0 aliphatic heterocycles. The van der Waals surface area contributed by atoms with Gasteiger partial charge in [0.1, 0.15) is 5.75 Å². The number of carbonyl (C=O) groups is 2. The lowest BCUT2D eigenvalue weighted by Gasteiger charge is -2.20. The molecule has 1 atom stereocenters. The molecule has 0 saturated carbocycles. The first-order valence-electron chi connectivity index (χ1n) is 5.71. The summed E-state index contributed by atoms with van der Waals surface area (Å²) < 4.78 is 0. The number of nitrogens with zero attached hydrogens (tertiary/aromatic N) is 1. The summed E-state index contributed by atoms with van der Waals surface area (Å²) in [5.74, 6) is -0.417. The van der Waals surface area contributed by atoms with Crippen molar-refractivity contribution in [3.63, 3.8) is 0 Å². The molecule has 0 saturated heterocycles. The first kappa shape index (κ1) is 14.0. The number of carbonyl (C=O) groups excluding carboxylic acids is 2. The smallest absolute Gasteiger partial charge is 0.253 e. The van der Waals surface area contributed by atoms with Gasteiger partial charge in [0, 0.05) is 26.2 Å². The van der Waals surface area contributed by atoms with Crippen LogP contribution < -0.4 is 5.32 Å². The average Bonchev–Trinajstić information content (AvgIpc) is 2.37. The fourth-order valence-corrected chi connectivity index (χ4v) is 1.65. The fourth-order valence-electron chi connectivity index (χ4n) is 1.65. The van der Waals surface area contributed by atoms with E-state index < -0.39 is 0 Å². The highest BCUT2D eigenvalue weighted by atomic mass is 16.3. The van der Waals surface area contributed by atoms with Crippen LogP contribution in [0.2, 0.25) is 0 Å². The lowest BCUT2D eigenvalue weighted by atomic mass is 10.1. The topological polar surface area (TPSA) is 69.6 Å². The molecule has 5 nitrogen and oxygen atoms in total. The van der Waals surface area contributed by atoms with Crippen molar-refractivity contribution in [1.29, 1.82) is 0 Å². The predicted molar refractivity (Wildman–Crippen MR) is 68.3 cm³/mol. The Kier molecular flexibility index (Phi) is 4.71. The molecule has 0 bridgehead atoms. The number of hydrogen-bond donors (Lipinski definition) is 2. The molecule has 98 valence electrons. The van der Waals surface area contributed by atoms with Gasteiger partial charge in [0.25, 0.3) is 5.91 Å². The number of phenolic OH excluding ortho intramolecular Hbond substituents is 1. The quantitative estimate of drug-likeness (QED) is 0.832. The summed E-state index contributed by atoms with van der Waals surface area (Å²) in [6.07, 6.45) is 0. The molecule has 18 heavy (non-hydrogen) atoms. The van der Waals surface area contributed by atoms with Crippen molar-refractivity contribution < 1.29 is 14.7 Å². The molecule has 5 heteroatoms. The van der Waals surface area contributed by atoms with Crippen molar-refractivity contribution in [1.82, 2.24) is 10.2 Å². The Morgan fingerprint density at radius 1 is 1.33 bits per heavy atom. The molecular formula is C13H18N2O3. The standard InChI is InChI=1S/C13H18N2O3/c1-9(12(17)14-2)8-15(3)13(18)10-4-6-11(16)7-5-10/h4-7,9,16H,8H2,1-3H3,(H,14,17). The van der Waals surface area contributed by atoms with Crippen LogP contribution in [0.5, 0.6) is 5.75 Å². The number of nitrogens with one attached hydrogen (secondary N) is 1. The second-order valence-corrected chi connectivity index (χ2v) is 4.25. The lowest BCUT2D eigenvalue weighted by Crippen LogP contribution is -2.37. The third-order valence-electron chi connectivity index (χ3n) is 2.70. The molecule has 0 aromatic heterocycles. The highest BCUT2D eigenvalue weighted by Gasteiger charge is 2.18. The molecule has 0 heterocycles. The average molecular weight is 250 g/mol. The van der Waals surface area contributed by atoms with Gasteiger partial charge >= 0.3 is 0 Å². The second kappa shape index (κ2) is 6.05. The third-order valence-corrected chi connectivity index (χ3v) is 2.70. The zero-order valence-electron chi connectivity index (χ0n) is 10.8. The molecule has 0 spiro atoms. The van der Waals surface area contributed by atoms with E-state index in [0.29, 0.717) is 12.1 Å². The van der Waals surface area contributed by atoms with Gasteiger partial charge in [-0.1, -0.05) is 6.92 Å². The number of phenols is 1. The van der Waals surface area contributed by atoms with Crippen LogP contribution in [0.1, 0.15) is 17.3 Å². The van der Waals surface area contributed by atoms with Crippen molar-refractivity contribution in [2.24, 2.45) is 5.92 Å². The van der Waals surface area contributed by atoms with Gasteiger partial charge in [0.05, 0.1) is 5.92 Å². The maximum absolute atomic E-state index is 12.0. The van der Waals surface area contributed by atoms with E-state index in [1.165, 1.54) is 17.0 Å². The Labute approximate surface area is 106 Å². The summed E-state index contributed by atoms with van der Waals surface area (Å²) in [4.78, 5) is 24.9. The Bertz CT molecular complexity index is 428. The van der Waals surface area contributed by atoms with E-state index in [4.69, 9.17) is 5.11 Å². The van der Waals surface area contributed by atoms with Gasteiger partial charge in [-0.3, -0.25) is 9.59 Å². The fraction of sp³-hybridized carbons (Fsp3) is 0.385. The molecule has 1 unspecified atom stereocenters. The Morgan fingerprint density at radius 3 is 2.39 bits per heavy atom. The molecule has 0 aliphatic rings. The predicted octanol–water partition coefficient (Wildman–Crippen LogP) is 0.846. The van der Waals surface area contributed by atoms with E-state index in [2.05, 4.69) is 5.32 Å². The first-order chi connectivity index (χ1) is 8.45. The van der Waals surface area contributed by atoms with Gasteiger partial charge in [0.2, 0.25) is 5.91 Å². The summed E-state index contributed by atoms with van der Waals surface area (Å²) in [5.41, 5.74) is 0.486. The van der Waals surface area contributed by atoms with Crippen molar-refractivity contribution in [2.45, 2.75) is 6.92 Å². The number of hydrogen-bond acceptors (Lipinski definition) is 3. The highest BCUT2D eigenvalue weighted by molar-refractivity contribution is 5.94. The Hall–Kier alpha value is -2.04. The van der Waals surface area contributed by atoms with E-state index >= 15 is 0 Å². The minimum Gasteiger partial charge on any atom is -0.508 e. The molecule has 0 radical (unpaired) electrons. The monoisotopic (exact) mass is 250 g/mol. The summed E-state index contributed by atoms with van der Waals surface area (Å²) >= 11 is 0. The molecule has 2 amide bonds. The van der Waals surface area contributed by atoms with Crippen LogP contribution in [0.25, 0.3) is 0 Å². The molecule has 0 aliphatic carbocycles. The van der Waals surface area contributed by atoms with Gasteiger partial charge in [-0.15, -0.1) is 0 Å². The maximum atomic E-state index is 12.0. The van der Waals surface area contributed by atoms with Gasteiger partial charge < -0.3 is 15.3 Å².